The Balaban J connectivity index is 1.63. The van der Waals surface area contributed by atoms with Gasteiger partial charge in [-0.1, -0.05) is 43.3 Å². The number of aromatic nitrogens is 2. The van der Waals surface area contributed by atoms with Crippen molar-refractivity contribution < 1.29 is 4.79 Å². The maximum atomic E-state index is 12.9. The van der Waals surface area contributed by atoms with E-state index in [0.29, 0.717) is 11.6 Å². The van der Waals surface area contributed by atoms with Crippen molar-refractivity contribution in [1.82, 2.24) is 9.97 Å². The molecule has 1 aliphatic rings. The largest absolute Gasteiger partial charge is 0.320 e. The molecule has 1 aliphatic heterocycles. The Morgan fingerprint density at radius 2 is 2.00 bits per heavy atom. The first-order valence-electron chi connectivity index (χ1n) is 9.75. The number of hydrogen-bond acceptors (Lipinski definition) is 4. The van der Waals surface area contributed by atoms with E-state index in [0.717, 1.165) is 48.3 Å². The molecule has 5 nitrogen and oxygen atoms in total. The van der Waals surface area contributed by atoms with Crippen molar-refractivity contribution in [1.29, 1.82) is 0 Å². The number of nitrogens with zero attached hydrogens (tertiary/aromatic N) is 3. The summed E-state index contributed by atoms with van der Waals surface area (Å²) in [6, 6.07) is 16.0. The zero-order valence-electron chi connectivity index (χ0n) is 16.3. The maximum Gasteiger partial charge on any atom is 0.274 e. The minimum Gasteiger partial charge on any atom is -0.320 e. The van der Waals surface area contributed by atoms with Gasteiger partial charge in [0.15, 0.2) is 0 Å². The van der Waals surface area contributed by atoms with E-state index in [-0.39, 0.29) is 5.91 Å². The molecule has 1 aromatic heterocycles. The highest BCUT2D eigenvalue weighted by Crippen LogP contribution is 2.31. The lowest BCUT2D eigenvalue weighted by Crippen LogP contribution is -2.27. The van der Waals surface area contributed by atoms with E-state index in [2.05, 4.69) is 45.3 Å². The molecule has 0 bridgehead atoms. The second-order valence-corrected chi connectivity index (χ2v) is 7.04. The Labute approximate surface area is 165 Å². The van der Waals surface area contributed by atoms with Crippen molar-refractivity contribution in [2.45, 2.75) is 33.1 Å². The molecule has 0 saturated heterocycles. The van der Waals surface area contributed by atoms with Crippen LogP contribution in [0.15, 0.2) is 54.7 Å². The van der Waals surface area contributed by atoms with Gasteiger partial charge in [-0.25, -0.2) is 9.97 Å². The summed E-state index contributed by atoms with van der Waals surface area (Å²) in [5.41, 5.74) is 5.83. The van der Waals surface area contributed by atoms with Gasteiger partial charge < -0.3 is 10.2 Å². The highest BCUT2D eigenvalue weighted by atomic mass is 16.1. The van der Waals surface area contributed by atoms with E-state index in [4.69, 9.17) is 0 Å². The van der Waals surface area contributed by atoms with Crippen LogP contribution in [0.4, 0.5) is 17.3 Å². The highest BCUT2D eigenvalue weighted by molar-refractivity contribution is 6.03. The van der Waals surface area contributed by atoms with Crippen LogP contribution in [0.2, 0.25) is 0 Å². The number of benzene rings is 2. The number of hydrogen-bond donors (Lipinski definition) is 1. The number of fused-ring (bicyclic) bond motifs is 1. The molecule has 28 heavy (non-hydrogen) atoms. The first kappa shape index (κ1) is 18.2. The van der Waals surface area contributed by atoms with Crippen LogP contribution in [0.3, 0.4) is 0 Å². The average Bonchev–Trinajstić information content (AvgIpc) is 2.74. The fourth-order valence-corrected chi connectivity index (χ4v) is 3.73. The number of amides is 1. The third-order valence-electron chi connectivity index (χ3n) is 5.21. The Morgan fingerprint density at radius 3 is 2.86 bits per heavy atom. The monoisotopic (exact) mass is 372 g/mol. The summed E-state index contributed by atoms with van der Waals surface area (Å²) in [7, 11) is 0. The van der Waals surface area contributed by atoms with E-state index < -0.39 is 0 Å². The number of carbonyl (C=O) groups is 1. The molecule has 1 amide bonds. The Bertz CT molecular complexity index is 1010. The fourth-order valence-electron chi connectivity index (χ4n) is 3.73. The van der Waals surface area contributed by atoms with Crippen molar-refractivity contribution in [3.8, 4) is 0 Å². The molecule has 0 saturated carbocycles. The Hall–Kier alpha value is -3.21. The van der Waals surface area contributed by atoms with Crippen LogP contribution in [0.1, 0.15) is 40.5 Å². The minimum absolute atomic E-state index is 0.210. The lowest BCUT2D eigenvalue weighted by Gasteiger charge is -2.29. The van der Waals surface area contributed by atoms with Gasteiger partial charge in [0.05, 0.1) is 0 Å². The molecule has 1 N–H and O–H groups in total. The standard InChI is InChI=1S/C23H24N4O/c1-3-17-10-6-8-16(2)21(17)26-22(28)19-13-14-24-23(25-19)27-15-7-11-18-9-4-5-12-20(18)27/h4-6,8-10,12-14H,3,7,11,15H2,1-2H3,(H,26,28). The third-order valence-corrected chi connectivity index (χ3v) is 5.21. The van der Waals surface area contributed by atoms with Crippen LogP contribution in [0, 0.1) is 6.92 Å². The van der Waals surface area contributed by atoms with Gasteiger partial charge in [0.1, 0.15) is 5.69 Å². The average molecular weight is 372 g/mol. The number of aryl methyl sites for hydroxylation is 3. The van der Waals surface area contributed by atoms with E-state index in [1.165, 1.54) is 5.56 Å². The predicted molar refractivity (Wildman–Crippen MR) is 112 cm³/mol. The van der Waals surface area contributed by atoms with Crippen LogP contribution in [0.5, 0.6) is 0 Å². The van der Waals surface area contributed by atoms with Crippen molar-refractivity contribution in [3.63, 3.8) is 0 Å². The Kier molecular flexibility index (Phi) is 5.06. The van der Waals surface area contributed by atoms with Gasteiger partial charge in [-0.15, -0.1) is 0 Å². The molecular formula is C23H24N4O. The normalized spacial score (nSPS) is 13.1. The van der Waals surface area contributed by atoms with Crippen molar-refractivity contribution in [2.75, 3.05) is 16.8 Å². The molecule has 0 radical (unpaired) electrons. The summed E-state index contributed by atoms with van der Waals surface area (Å²) in [6.07, 6.45) is 4.61. The lowest BCUT2D eigenvalue weighted by atomic mass is 10.0. The molecular weight excluding hydrogens is 348 g/mol. The molecule has 5 heteroatoms. The molecule has 142 valence electrons. The van der Waals surface area contributed by atoms with Crippen LogP contribution < -0.4 is 10.2 Å². The summed E-state index contributed by atoms with van der Waals surface area (Å²) in [6.45, 7) is 4.94. The molecule has 0 fully saturated rings. The lowest BCUT2D eigenvalue weighted by molar-refractivity contribution is 0.102. The van der Waals surface area contributed by atoms with E-state index in [1.54, 1.807) is 12.3 Å². The molecule has 0 spiro atoms. The van der Waals surface area contributed by atoms with Gasteiger partial charge in [-0.2, -0.15) is 0 Å². The summed E-state index contributed by atoms with van der Waals surface area (Å²) >= 11 is 0. The summed E-state index contributed by atoms with van der Waals surface area (Å²) in [5, 5.41) is 3.05. The van der Waals surface area contributed by atoms with E-state index in [9.17, 15) is 4.79 Å². The first-order chi connectivity index (χ1) is 13.7. The highest BCUT2D eigenvalue weighted by Gasteiger charge is 2.21. The molecule has 0 unspecified atom stereocenters. The number of anilines is 3. The smallest absolute Gasteiger partial charge is 0.274 e. The number of nitrogens with one attached hydrogen (secondary N) is 1. The van der Waals surface area contributed by atoms with Gasteiger partial charge in [-0.3, -0.25) is 4.79 Å². The number of carbonyl (C=O) groups excluding carboxylic acids is 1. The maximum absolute atomic E-state index is 12.9. The van der Waals surface area contributed by atoms with Crippen LogP contribution in [-0.4, -0.2) is 22.4 Å². The van der Waals surface area contributed by atoms with Crippen LogP contribution >= 0.6 is 0 Å². The van der Waals surface area contributed by atoms with Crippen molar-refractivity contribution >= 4 is 23.2 Å². The molecule has 4 rings (SSSR count). The van der Waals surface area contributed by atoms with E-state index >= 15 is 0 Å². The topological polar surface area (TPSA) is 58.1 Å². The molecule has 2 aromatic carbocycles. The molecule has 2 heterocycles. The summed E-state index contributed by atoms with van der Waals surface area (Å²) in [4.78, 5) is 24.0. The quantitative estimate of drug-likeness (QED) is 0.722. The van der Waals surface area contributed by atoms with Gasteiger partial charge in [0.2, 0.25) is 5.95 Å². The molecule has 3 aromatic rings. The SMILES string of the molecule is CCc1cccc(C)c1NC(=O)c1ccnc(N2CCCc3ccccc32)n1. The van der Waals surface area contributed by atoms with E-state index in [1.807, 2.05) is 31.2 Å². The van der Waals surface area contributed by atoms with Gasteiger partial charge >= 0.3 is 0 Å². The summed E-state index contributed by atoms with van der Waals surface area (Å²) < 4.78 is 0. The number of para-hydroxylation sites is 2. The second-order valence-electron chi connectivity index (χ2n) is 7.04. The second kappa shape index (κ2) is 7.80. The van der Waals surface area contributed by atoms with Gasteiger partial charge in [-0.05, 0) is 55.0 Å². The van der Waals surface area contributed by atoms with Gasteiger partial charge in [0.25, 0.3) is 5.91 Å². The zero-order chi connectivity index (χ0) is 19.5. The molecule has 0 aliphatic carbocycles. The zero-order valence-corrected chi connectivity index (χ0v) is 16.3. The number of rotatable bonds is 4. The first-order valence-corrected chi connectivity index (χ1v) is 9.75. The minimum atomic E-state index is -0.210. The van der Waals surface area contributed by atoms with Crippen LogP contribution in [0.25, 0.3) is 0 Å². The predicted octanol–water partition coefficient (Wildman–Crippen LogP) is 4.68. The summed E-state index contributed by atoms with van der Waals surface area (Å²) in [5.74, 6) is 0.359. The van der Waals surface area contributed by atoms with Crippen molar-refractivity contribution in [2.24, 2.45) is 0 Å². The Morgan fingerprint density at radius 1 is 1.14 bits per heavy atom. The van der Waals surface area contributed by atoms with Gasteiger partial charge in [0, 0.05) is 24.1 Å². The van der Waals surface area contributed by atoms with Crippen molar-refractivity contribution in [3.05, 3.63) is 77.1 Å². The third kappa shape index (κ3) is 3.48. The van der Waals surface area contributed by atoms with Crippen LogP contribution in [-0.2, 0) is 12.8 Å². The fraction of sp³-hybridized carbons (Fsp3) is 0.261. The molecule has 0 atom stereocenters.